The number of hydrogen-bond donors (Lipinski definition) is 1. The van der Waals surface area contributed by atoms with Crippen molar-refractivity contribution in [2.75, 3.05) is 35.4 Å². The van der Waals surface area contributed by atoms with Gasteiger partial charge < -0.3 is 14.2 Å². The molecule has 1 unspecified atom stereocenters. The number of anilines is 2. The SMILES string of the molecule is CSOCC1CN(c2ccc3c(c2)SCC(=O)N3)C(=O)O1. The van der Waals surface area contributed by atoms with E-state index in [1.807, 2.05) is 24.5 Å². The van der Waals surface area contributed by atoms with Crippen LogP contribution in [0.3, 0.4) is 0 Å². The van der Waals surface area contributed by atoms with Gasteiger partial charge in [0.15, 0.2) is 0 Å². The largest absolute Gasteiger partial charge is 0.441 e. The lowest BCUT2D eigenvalue weighted by molar-refractivity contribution is -0.113. The Morgan fingerprint density at radius 1 is 1.52 bits per heavy atom. The zero-order valence-corrected chi connectivity index (χ0v) is 13.0. The Morgan fingerprint density at radius 2 is 2.38 bits per heavy atom. The fourth-order valence-electron chi connectivity index (χ4n) is 2.19. The van der Waals surface area contributed by atoms with Crippen molar-refractivity contribution in [3.63, 3.8) is 0 Å². The van der Waals surface area contributed by atoms with Gasteiger partial charge in [-0.3, -0.25) is 9.69 Å². The second-order valence-corrected chi connectivity index (χ2v) is 6.17. The van der Waals surface area contributed by atoms with Gasteiger partial charge in [0.05, 0.1) is 18.0 Å². The van der Waals surface area contributed by atoms with Crippen LogP contribution in [0.15, 0.2) is 23.1 Å². The molecule has 1 aromatic rings. The molecule has 0 saturated carbocycles. The third-order valence-corrected chi connectivity index (χ3v) is 4.58. The second kappa shape index (κ2) is 6.17. The lowest BCUT2D eigenvalue weighted by Crippen LogP contribution is -2.26. The first kappa shape index (κ1) is 14.6. The molecule has 1 saturated heterocycles. The number of rotatable bonds is 4. The topological polar surface area (TPSA) is 67.9 Å². The first-order valence-electron chi connectivity index (χ1n) is 6.38. The number of amides is 2. The van der Waals surface area contributed by atoms with Crippen LogP contribution in [-0.2, 0) is 13.7 Å². The number of nitrogens with one attached hydrogen (secondary N) is 1. The van der Waals surface area contributed by atoms with E-state index in [2.05, 4.69) is 5.32 Å². The van der Waals surface area contributed by atoms with E-state index in [0.717, 1.165) is 16.3 Å². The van der Waals surface area contributed by atoms with Crippen molar-refractivity contribution in [2.45, 2.75) is 11.0 Å². The first-order chi connectivity index (χ1) is 10.2. The van der Waals surface area contributed by atoms with Crippen molar-refractivity contribution in [1.82, 2.24) is 0 Å². The van der Waals surface area contributed by atoms with Crippen LogP contribution in [0.4, 0.5) is 16.2 Å². The summed E-state index contributed by atoms with van der Waals surface area (Å²) in [7, 11) is 0. The summed E-state index contributed by atoms with van der Waals surface area (Å²) in [6, 6.07) is 5.52. The molecule has 0 aromatic heterocycles. The van der Waals surface area contributed by atoms with Crippen molar-refractivity contribution in [2.24, 2.45) is 0 Å². The quantitative estimate of drug-likeness (QED) is 0.857. The number of carbonyl (C=O) groups excluding carboxylic acids is 2. The molecule has 21 heavy (non-hydrogen) atoms. The Labute approximate surface area is 130 Å². The number of nitrogens with zero attached hydrogens (tertiary/aromatic N) is 1. The van der Waals surface area contributed by atoms with Gasteiger partial charge in [-0.2, -0.15) is 0 Å². The van der Waals surface area contributed by atoms with Crippen LogP contribution in [0.2, 0.25) is 0 Å². The summed E-state index contributed by atoms with van der Waals surface area (Å²) >= 11 is 2.72. The number of ether oxygens (including phenoxy) is 1. The smallest absolute Gasteiger partial charge is 0.414 e. The third kappa shape index (κ3) is 3.12. The van der Waals surface area contributed by atoms with Gasteiger partial charge in [-0.1, -0.05) is 0 Å². The highest BCUT2D eigenvalue weighted by atomic mass is 32.2. The van der Waals surface area contributed by atoms with Gasteiger partial charge in [-0.15, -0.1) is 11.8 Å². The minimum Gasteiger partial charge on any atom is -0.441 e. The van der Waals surface area contributed by atoms with Gasteiger partial charge in [0.1, 0.15) is 12.7 Å². The minimum atomic E-state index is -0.366. The Morgan fingerprint density at radius 3 is 3.19 bits per heavy atom. The van der Waals surface area contributed by atoms with Gasteiger partial charge in [-0.05, 0) is 30.2 Å². The summed E-state index contributed by atoms with van der Waals surface area (Å²) in [6.07, 6.45) is 1.20. The van der Waals surface area contributed by atoms with E-state index in [9.17, 15) is 9.59 Å². The van der Waals surface area contributed by atoms with Crippen LogP contribution < -0.4 is 10.2 Å². The zero-order valence-electron chi connectivity index (χ0n) is 11.3. The molecule has 112 valence electrons. The number of fused-ring (bicyclic) bond motifs is 1. The lowest BCUT2D eigenvalue weighted by atomic mass is 10.2. The Bertz CT molecular complexity index is 581. The van der Waals surface area contributed by atoms with Gasteiger partial charge in [0.2, 0.25) is 5.91 Å². The maximum absolute atomic E-state index is 11.9. The van der Waals surface area contributed by atoms with Crippen LogP contribution in [-0.4, -0.2) is 43.3 Å². The molecule has 1 fully saturated rings. The monoisotopic (exact) mass is 326 g/mol. The molecule has 6 nitrogen and oxygen atoms in total. The average molecular weight is 326 g/mol. The van der Waals surface area contributed by atoms with Gasteiger partial charge in [0, 0.05) is 16.8 Å². The molecule has 1 aromatic carbocycles. The predicted molar refractivity (Wildman–Crippen MR) is 82.9 cm³/mol. The second-order valence-electron chi connectivity index (χ2n) is 4.58. The summed E-state index contributed by atoms with van der Waals surface area (Å²) in [6.45, 7) is 0.842. The number of thioether (sulfide) groups is 1. The summed E-state index contributed by atoms with van der Waals surface area (Å²) in [4.78, 5) is 25.8. The molecule has 1 N–H and O–H groups in total. The van der Waals surface area contributed by atoms with E-state index < -0.39 is 0 Å². The third-order valence-electron chi connectivity index (χ3n) is 3.16. The predicted octanol–water partition coefficient (Wildman–Crippen LogP) is 2.35. The van der Waals surface area contributed by atoms with Gasteiger partial charge in [-0.25, -0.2) is 4.79 Å². The Kier molecular flexibility index (Phi) is 4.27. The van der Waals surface area contributed by atoms with Crippen molar-refractivity contribution >= 4 is 47.2 Å². The van der Waals surface area contributed by atoms with E-state index in [4.69, 9.17) is 8.92 Å². The molecule has 2 aliphatic heterocycles. The van der Waals surface area contributed by atoms with E-state index >= 15 is 0 Å². The lowest BCUT2D eigenvalue weighted by Gasteiger charge is -2.19. The molecule has 1 atom stereocenters. The van der Waals surface area contributed by atoms with Crippen molar-refractivity contribution in [3.05, 3.63) is 18.2 Å². The molecular formula is C13H14N2O4S2. The molecular weight excluding hydrogens is 312 g/mol. The molecule has 3 rings (SSSR count). The molecule has 2 aliphatic rings. The summed E-state index contributed by atoms with van der Waals surface area (Å²) in [5.41, 5.74) is 1.56. The molecule has 0 bridgehead atoms. The zero-order chi connectivity index (χ0) is 14.8. The summed E-state index contributed by atoms with van der Waals surface area (Å²) < 4.78 is 10.5. The first-order valence-corrected chi connectivity index (χ1v) is 8.51. The molecule has 2 amide bonds. The average Bonchev–Trinajstić information content (AvgIpc) is 2.85. The standard InChI is InChI=1S/C13H14N2O4S2/c1-20-18-6-9-5-15(13(17)19-9)8-2-3-10-11(4-8)21-7-12(16)14-10/h2-4,9H,5-7H2,1H3,(H,14,16). The van der Waals surface area contributed by atoms with Crippen molar-refractivity contribution in [3.8, 4) is 0 Å². The number of cyclic esters (lactones) is 1. The van der Waals surface area contributed by atoms with Crippen LogP contribution in [0, 0.1) is 0 Å². The minimum absolute atomic E-state index is 0.00453. The molecule has 8 heteroatoms. The Balaban J connectivity index is 1.75. The fourth-order valence-corrected chi connectivity index (χ4v) is 3.32. The van der Waals surface area contributed by atoms with Crippen LogP contribution in [0.25, 0.3) is 0 Å². The normalized spacial score (nSPS) is 21.0. The molecule has 0 spiro atoms. The summed E-state index contributed by atoms with van der Waals surface area (Å²) in [5, 5.41) is 2.81. The number of carbonyl (C=O) groups is 2. The van der Waals surface area contributed by atoms with Crippen molar-refractivity contribution < 1.29 is 18.5 Å². The van der Waals surface area contributed by atoms with Crippen LogP contribution in [0.1, 0.15) is 0 Å². The van der Waals surface area contributed by atoms with Gasteiger partial charge >= 0.3 is 6.09 Å². The van der Waals surface area contributed by atoms with E-state index in [0.29, 0.717) is 18.9 Å². The summed E-state index contributed by atoms with van der Waals surface area (Å²) in [5.74, 6) is 0.389. The fraction of sp³-hybridized carbons (Fsp3) is 0.385. The van der Waals surface area contributed by atoms with E-state index in [1.54, 1.807) is 4.90 Å². The maximum Gasteiger partial charge on any atom is 0.414 e. The van der Waals surface area contributed by atoms with E-state index in [-0.39, 0.29) is 18.1 Å². The highest BCUT2D eigenvalue weighted by Gasteiger charge is 2.33. The highest BCUT2D eigenvalue weighted by Crippen LogP contribution is 2.35. The number of hydrogen-bond acceptors (Lipinski definition) is 6. The maximum atomic E-state index is 11.9. The number of benzene rings is 1. The molecule has 0 aliphatic carbocycles. The van der Waals surface area contributed by atoms with Crippen LogP contribution >= 0.6 is 23.8 Å². The van der Waals surface area contributed by atoms with Gasteiger partial charge in [0.25, 0.3) is 0 Å². The molecule has 0 radical (unpaired) electrons. The van der Waals surface area contributed by atoms with Crippen molar-refractivity contribution in [1.29, 1.82) is 0 Å². The Hall–Kier alpha value is -1.38. The van der Waals surface area contributed by atoms with E-state index in [1.165, 1.54) is 23.8 Å². The van der Waals surface area contributed by atoms with Crippen LogP contribution in [0.5, 0.6) is 0 Å². The molecule has 2 heterocycles. The highest BCUT2D eigenvalue weighted by molar-refractivity contribution is 8.00.